The molecule has 4 aromatic rings. The standard InChI is InChI=1S/C28H28P.H3O4P/c1-22-10-7-15-26(18-22)29(21-25-13-5-4-6-14-25,27-16-8-11-23(2)19-27)28-17-9-12-24(3)20-28;1-5(2,3)4/h4-20H,21H2,1-3H3;(H3,1,2,3,4)/q+1;. The van der Waals surface area contributed by atoms with Crippen molar-refractivity contribution in [1.29, 1.82) is 0 Å². The van der Waals surface area contributed by atoms with Crippen LogP contribution in [0.4, 0.5) is 0 Å². The summed E-state index contributed by atoms with van der Waals surface area (Å²) in [6.07, 6.45) is 1.03. The van der Waals surface area contributed by atoms with Gasteiger partial charge in [0.15, 0.2) is 0 Å². The van der Waals surface area contributed by atoms with Crippen LogP contribution < -0.4 is 15.9 Å². The fourth-order valence-corrected chi connectivity index (χ4v) is 8.67. The van der Waals surface area contributed by atoms with E-state index in [-0.39, 0.29) is 0 Å². The fourth-order valence-electron chi connectivity index (χ4n) is 4.17. The second kappa shape index (κ2) is 11.2. The summed E-state index contributed by atoms with van der Waals surface area (Å²) < 4.78 is 8.88. The van der Waals surface area contributed by atoms with Crippen LogP contribution in [0.15, 0.2) is 103 Å². The monoisotopic (exact) mass is 493 g/mol. The molecule has 0 amide bonds. The molecule has 0 aromatic heterocycles. The van der Waals surface area contributed by atoms with Crippen molar-refractivity contribution in [3.63, 3.8) is 0 Å². The predicted octanol–water partition coefficient (Wildman–Crippen LogP) is 5.18. The molecule has 4 nitrogen and oxygen atoms in total. The van der Waals surface area contributed by atoms with Crippen molar-refractivity contribution in [2.45, 2.75) is 26.9 Å². The van der Waals surface area contributed by atoms with E-state index in [4.69, 9.17) is 19.2 Å². The van der Waals surface area contributed by atoms with Crippen LogP contribution in [0.3, 0.4) is 0 Å². The van der Waals surface area contributed by atoms with Gasteiger partial charge < -0.3 is 14.7 Å². The average molecular weight is 494 g/mol. The van der Waals surface area contributed by atoms with Crippen LogP contribution in [0.5, 0.6) is 0 Å². The maximum Gasteiger partial charge on any atom is 0.466 e. The zero-order valence-electron chi connectivity index (χ0n) is 19.7. The van der Waals surface area contributed by atoms with Gasteiger partial charge in [0.1, 0.15) is 23.2 Å². The molecule has 0 bridgehead atoms. The Kier molecular flexibility index (Phi) is 8.60. The van der Waals surface area contributed by atoms with Crippen molar-refractivity contribution >= 4 is 31.0 Å². The molecule has 4 rings (SSSR count). The first-order chi connectivity index (χ1) is 16.1. The molecule has 0 heterocycles. The normalized spacial score (nSPS) is 11.5. The van der Waals surface area contributed by atoms with Crippen molar-refractivity contribution in [2.24, 2.45) is 0 Å². The molecule has 0 radical (unpaired) electrons. The third kappa shape index (κ3) is 6.96. The number of benzene rings is 4. The Morgan fingerprint density at radius 2 is 0.941 bits per heavy atom. The minimum absolute atomic E-state index is 1.03. The van der Waals surface area contributed by atoms with Gasteiger partial charge in [-0.25, -0.2) is 4.57 Å². The number of phosphoric acid groups is 1. The highest BCUT2D eigenvalue weighted by Crippen LogP contribution is 2.58. The summed E-state index contributed by atoms with van der Waals surface area (Å²) in [5.41, 5.74) is 5.35. The smallest absolute Gasteiger partial charge is 0.303 e. The van der Waals surface area contributed by atoms with Crippen molar-refractivity contribution in [2.75, 3.05) is 0 Å². The van der Waals surface area contributed by atoms with Crippen LogP contribution in [-0.2, 0) is 10.7 Å². The lowest BCUT2D eigenvalue weighted by atomic mass is 10.2. The quantitative estimate of drug-likeness (QED) is 0.335. The molecular weight excluding hydrogens is 462 g/mol. The fraction of sp³-hybridized carbons (Fsp3) is 0.143. The molecule has 0 aliphatic rings. The highest BCUT2D eigenvalue weighted by atomic mass is 31.2. The summed E-state index contributed by atoms with van der Waals surface area (Å²) in [5, 5.41) is 4.37. The van der Waals surface area contributed by atoms with Crippen molar-refractivity contribution < 1.29 is 19.2 Å². The summed E-state index contributed by atoms with van der Waals surface area (Å²) in [7, 11) is -6.49. The van der Waals surface area contributed by atoms with E-state index >= 15 is 0 Å². The van der Waals surface area contributed by atoms with E-state index in [1.807, 2.05) is 0 Å². The lowest BCUT2D eigenvalue weighted by Gasteiger charge is -2.28. The van der Waals surface area contributed by atoms with Crippen molar-refractivity contribution in [3.05, 3.63) is 125 Å². The third-order valence-electron chi connectivity index (χ3n) is 5.59. The molecule has 0 aliphatic heterocycles. The van der Waals surface area contributed by atoms with Crippen LogP contribution in [-0.4, -0.2) is 14.7 Å². The summed E-state index contributed by atoms with van der Waals surface area (Å²) in [4.78, 5) is 21.6. The minimum atomic E-state index is -4.64. The van der Waals surface area contributed by atoms with Gasteiger partial charge in [0.2, 0.25) is 0 Å². The van der Waals surface area contributed by atoms with Gasteiger partial charge in [0.05, 0.1) is 6.16 Å². The van der Waals surface area contributed by atoms with Gasteiger partial charge in [-0.2, -0.15) is 0 Å². The molecule has 0 unspecified atom stereocenters. The third-order valence-corrected chi connectivity index (χ3v) is 9.91. The molecular formula is C28H31O4P2+. The number of rotatable bonds is 5. The summed E-state index contributed by atoms with van der Waals surface area (Å²) >= 11 is 0. The second-order valence-electron chi connectivity index (χ2n) is 8.48. The highest BCUT2D eigenvalue weighted by Gasteiger charge is 2.45. The second-order valence-corrected chi connectivity index (χ2v) is 13.0. The molecule has 4 aromatic carbocycles. The van der Waals surface area contributed by atoms with Gasteiger partial charge in [-0.05, 0) is 79.4 Å². The van der Waals surface area contributed by atoms with Crippen LogP contribution in [0.25, 0.3) is 0 Å². The molecule has 34 heavy (non-hydrogen) atoms. The molecule has 6 heteroatoms. The van der Waals surface area contributed by atoms with Crippen LogP contribution >= 0.6 is 15.1 Å². The number of hydrogen-bond acceptors (Lipinski definition) is 1. The number of aryl methyl sites for hydroxylation is 3. The van der Waals surface area contributed by atoms with E-state index in [9.17, 15) is 0 Å². The molecule has 0 aliphatic carbocycles. The minimum Gasteiger partial charge on any atom is -0.303 e. The average Bonchev–Trinajstić information content (AvgIpc) is 2.77. The summed E-state index contributed by atoms with van der Waals surface area (Å²) in [5.74, 6) is 0. The highest BCUT2D eigenvalue weighted by molar-refractivity contribution is 7.95. The van der Waals surface area contributed by atoms with Gasteiger partial charge in [-0.15, -0.1) is 0 Å². The Morgan fingerprint density at radius 3 is 1.26 bits per heavy atom. The van der Waals surface area contributed by atoms with Gasteiger partial charge in [0.25, 0.3) is 0 Å². The molecule has 0 atom stereocenters. The SMILES string of the molecule is Cc1cccc([P+](Cc2ccccc2)(c2cccc(C)c2)c2cccc(C)c2)c1.O=P(O)(O)O. The van der Waals surface area contributed by atoms with Gasteiger partial charge in [-0.3, -0.25) is 0 Å². The van der Waals surface area contributed by atoms with Crippen molar-refractivity contribution in [1.82, 2.24) is 0 Å². The van der Waals surface area contributed by atoms with Crippen LogP contribution in [0.1, 0.15) is 22.3 Å². The molecule has 0 fully saturated rings. The molecule has 0 saturated carbocycles. The number of hydrogen-bond donors (Lipinski definition) is 3. The Bertz CT molecular complexity index is 1160. The zero-order valence-corrected chi connectivity index (χ0v) is 21.5. The molecule has 3 N–H and O–H groups in total. The first kappa shape index (κ1) is 26.0. The topological polar surface area (TPSA) is 77.8 Å². The first-order valence-electron chi connectivity index (χ1n) is 11.0. The van der Waals surface area contributed by atoms with E-state index in [0.29, 0.717) is 0 Å². The lowest BCUT2D eigenvalue weighted by molar-refractivity contribution is 0.275. The van der Waals surface area contributed by atoms with E-state index in [1.54, 1.807) is 0 Å². The maximum absolute atomic E-state index is 8.88. The van der Waals surface area contributed by atoms with Gasteiger partial charge in [-0.1, -0.05) is 66.7 Å². The van der Waals surface area contributed by atoms with Crippen LogP contribution in [0.2, 0.25) is 0 Å². The summed E-state index contributed by atoms with van der Waals surface area (Å²) in [6.45, 7) is 6.60. The zero-order chi connectivity index (χ0) is 24.8. The van der Waals surface area contributed by atoms with Gasteiger partial charge in [0, 0.05) is 0 Å². The Hall–Kier alpha value is -2.58. The van der Waals surface area contributed by atoms with E-state index in [2.05, 4.69) is 124 Å². The van der Waals surface area contributed by atoms with E-state index in [0.717, 1.165) is 6.16 Å². The van der Waals surface area contributed by atoms with Crippen LogP contribution in [0, 0.1) is 20.8 Å². The Balaban J connectivity index is 0.000000588. The van der Waals surface area contributed by atoms with E-state index < -0.39 is 15.1 Å². The lowest BCUT2D eigenvalue weighted by Crippen LogP contribution is -2.33. The van der Waals surface area contributed by atoms with Crippen molar-refractivity contribution in [3.8, 4) is 0 Å². The predicted molar refractivity (Wildman–Crippen MR) is 144 cm³/mol. The van der Waals surface area contributed by atoms with Gasteiger partial charge >= 0.3 is 7.82 Å². The molecule has 176 valence electrons. The Morgan fingerprint density at radius 1 is 0.588 bits per heavy atom. The largest absolute Gasteiger partial charge is 0.466 e. The first-order valence-corrected chi connectivity index (χ1v) is 14.5. The molecule has 0 saturated heterocycles. The maximum atomic E-state index is 8.88. The summed E-state index contributed by atoms with van der Waals surface area (Å²) in [6, 6.07) is 38.5. The molecule has 0 spiro atoms. The van der Waals surface area contributed by atoms with E-state index in [1.165, 1.54) is 38.2 Å². The Labute approximate surface area is 202 Å².